The van der Waals surface area contributed by atoms with E-state index in [1.807, 2.05) is 13.8 Å². The molecule has 4 nitrogen and oxygen atoms in total. The van der Waals surface area contributed by atoms with Gasteiger partial charge in [0, 0.05) is 6.54 Å². The molecule has 0 aromatic heterocycles. The van der Waals surface area contributed by atoms with Gasteiger partial charge < -0.3 is 15.2 Å². The number of methoxy groups -OCH3 is 1. The summed E-state index contributed by atoms with van der Waals surface area (Å²) in [5, 5.41) is 0. The Kier molecular flexibility index (Phi) is 4.55. The summed E-state index contributed by atoms with van der Waals surface area (Å²) in [6.07, 6.45) is 0. The topological polar surface area (TPSA) is 61.5 Å². The van der Waals surface area contributed by atoms with E-state index < -0.39 is 11.0 Å². The molecule has 0 amide bonds. The van der Waals surface area contributed by atoms with Gasteiger partial charge in [0.2, 0.25) is 0 Å². The van der Waals surface area contributed by atoms with Crippen LogP contribution in [0.1, 0.15) is 27.7 Å². The van der Waals surface area contributed by atoms with Gasteiger partial charge in [-0.05, 0) is 27.7 Å². The molecule has 0 saturated carbocycles. The molecule has 0 atom stereocenters. The van der Waals surface area contributed by atoms with Crippen molar-refractivity contribution in [3.8, 4) is 0 Å². The molecule has 4 heteroatoms. The summed E-state index contributed by atoms with van der Waals surface area (Å²) in [6.45, 7) is 8.08. The van der Waals surface area contributed by atoms with Crippen LogP contribution in [0.4, 0.5) is 0 Å². The van der Waals surface area contributed by atoms with Crippen molar-refractivity contribution < 1.29 is 14.3 Å². The van der Waals surface area contributed by atoms with E-state index in [9.17, 15) is 4.79 Å². The lowest BCUT2D eigenvalue weighted by atomic mass is 9.95. The van der Waals surface area contributed by atoms with Crippen molar-refractivity contribution in [3.05, 3.63) is 0 Å². The van der Waals surface area contributed by atoms with Crippen molar-refractivity contribution in [2.45, 2.75) is 33.3 Å². The third-order valence-corrected chi connectivity index (χ3v) is 2.05. The molecule has 0 bridgehead atoms. The van der Waals surface area contributed by atoms with Crippen molar-refractivity contribution in [1.29, 1.82) is 0 Å². The first kappa shape index (κ1) is 13.4. The molecule has 0 aromatic carbocycles. The highest BCUT2D eigenvalue weighted by Gasteiger charge is 2.31. The van der Waals surface area contributed by atoms with E-state index in [4.69, 9.17) is 10.5 Å². The number of rotatable bonds is 5. The Morgan fingerprint density at radius 1 is 1.29 bits per heavy atom. The summed E-state index contributed by atoms with van der Waals surface area (Å²) in [5.41, 5.74) is 4.48. The van der Waals surface area contributed by atoms with Crippen LogP contribution in [0, 0.1) is 5.41 Å². The summed E-state index contributed by atoms with van der Waals surface area (Å²) < 4.78 is 10.2. The summed E-state index contributed by atoms with van der Waals surface area (Å²) >= 11 is 0. The van der Waals surface area contributed by atoms with Crippen LogP contribution in [0.3, 0.4) is 0 Å². The average molecular weight is 203 g/mol. The summed E-state index contributed by atoms with van der Waals surface area (Å²) in [6, 6.07) is 0. The van der Waals surface area contributed by atoms with Crippen LogP contribution >= 0.6 is 0 Å². The molecular weight excluding hydrogens is 182 g/mol. The van der Waals surface area contributed by atoms with E-state index >= 15 is 0 Å². The van der Waals surface area contributed by atoms with Crippen LogP contribution in [0.15, 0.2) is 0 Å². The van der Waals surface area contributed by atoms with Crippen LogP contribution in [0.5, 0.6) is 0 Å². The molecule has 0 saturated heterocycles. The number of carbonyl (C=O) groups is 1. The molecule has 0 fully saturated rings. The normalized spacial score (nSPS) is 12.7. The zero-order valence-corrected chi connectivity index (χ0v) is 9.72. The zero-order valence-electron chi connectivity index (χ0n) is 9.72. The number of hydrogen-bond donors (Lipinski definition) is 1. The lowest BCUT2D eigenvalue weighted by Gasteiger charge is -2.29. The fourth-order valence-electron chi connectivity index (χ4n) is 0.770. The lowest BCUT2D eigenvalue weighted by molar-refractivity contribution is -0.157. The predicted molar refractivity (Wildman–Crippen MR) is 54.9 cm³/mol. The number of hydrogen-bond acceptors (Lipinski definition) is 4. The van der Waals surface area contributed by atoms with Gasteiger partial charge >= 0.3 is 5.97 Å². The maximum Gasteiger partial charge on any atom is 0.313 e. The summed E-state index contributed by atoms with van der Waals surface area (Å²) in [5.74, 6) is -0.273. The Labute approximate surface area is 85.8 Å². The smallest absolute Gasteiger partial charge is 0.313 e. The van der Waals surface area contributed by atoms with Gasteiger partial charge in [-0.3, -0.25) is 4.79 Å². The molecule has 0 rings (SSSR count). The fourth-order valence-corrected chi connectivity index (χ4v) is 0.770. The second-order valence-corrected chi connectivity index (χ2v) is 4.63. The number of carbonyl (C=O) groups excluding carboxylic acids is 1. The van der Waals surface area contributed by atoms with Crippen molar-refractivity contribution in [1.82, 2.24) is 0 Å². The number of nitrogens with two attached hydrogens (primary N) is 1. The van der Waals surface area contributed by atoms with Crippen molar-refractivity contribution in [3.63, 3.8) is 0 Å². The molecular formula is C10H21NO3. The maximum absolute atomic E-state index is 11.3. The fraction of sp³-hybridized carbons (Fsp3) is 0.900. The van der Waals surface area contributed by atoms with Crippen LogP contribution in [0.2, 0.25) is 0 Å². The van der Waals surface area contributed by atoms with Gasteiger partial charge in [-0.1, -0.05) is 0 Å². The molecule has 0 aliphatic rings. The first-order chi connectivity index (χ1) is 6.25. The third kappa shape index (κ3) is 4.07. The highest BCUT2D eigenvalue weighted by Crippen LogP contribution is 2.20. The first-order valence-electron chi connectivity index (χ1n) is 4.67. The standard InChI is InChI=1S/C10H21NO3/c1-9(2,8(12)13-5)7-14-10(3,4)6-11/h6-7,11H2,1-5H3. The van der Waals surface area contributed by atoms with Crippen molar-refractivity contribution >= 4 is 5.97 Å². The largest absolute Gasteiger partial charge is 0.469 e. The van der Waals surface area contributed by atoms with Gasteiger partial charge in [0.25, 0.3) is 0 Å². The minimum Gasteiger partial charge on any atom is -0.469 e. The highest BCUT2D eigenvalue weighted by atomic mass is 16.5. The van der Waals surface area contributed by atoms with Crippen molar-refractivity contribution in [2.75, 3.05) is 20.3 Å². The molecule has 0 unspecified atom stereocenters. The second kappa shape index (κ2) is 4.75. The molecule has 14 heavy (non-hydrogen) atoms. The molecule has 0 aliphatic carbocycles. The van der Waals surface area contributed by atoms with Gasteiger partial charge in [-0.2, -0.15) is 0 Å². The first-order valence-corrected chi connectivity index (χ1v) is 4.67. The van der Waals surface area contributed by atoms with Crippen LogP contribution in [-0.2, 0) is 14.3 Å². The van der Waals surface area contributed by atoms with Crippen LogP contribution < -0.4 is 5.73 Å². The summed E-state index contributed by atoms with van der Waals surface area (Å²) in [7, 11) is 1.37. The molecule has 0 aliphatic heterocycles. The van der Waals surface area contributed by atoms with Crippen molar-refractivity contribution in [2.24, 2.45) is 11.1 Å². The van der Waals surface area contributed by atoms with E-state index in [-0.39, 0.29) is 5.97 Å². The Bertz CT molecular complexity index is 200. The minimum absolute atomic E-state index is 0.273. The average Bonchev–Trinajstić information content (AvgIpc) is 2.14. The van der Waals surface area contributed by atoms with Gasteiger partial charge in [0.1, 0.15) is 0 Å². The lowest BCUT2D eigenvalue weighted by Crippen LogP contribution is -2.40. The summed E-state index contributed by atoms with van der Waals surface area (Å²) in [4.78, 5) is 11.3. The number of esters is 1. The Hall–Kier alpha value is -0.610. The molecule has 0 radical (unpaired) electrons. The van der Waals surface area contributed by atoms with Gasteiger partial charge in [0.15, 0.2) is 0 Å². The van der Waals surface area contributed by atoms with Gasteiger partial charge in [-0.15, -0.1) is 0 Å². The van der Waals surface area contributed by atoms with E-state index in [1.54, 1.807) is 13.8 Å². The third-order valence-electron chi connectivity index (χ3n) is 2.05. The van der Waals surface area contributed by atoms with E-state index in [0.717, 1.165) is 0 Å². The molecule has 0 spiro atoms. The molecule has 2 N–H and O–H groups in total. The second-order valence-electron chi connectivity index (χ2n) is 4.63. The van der Waals surface area contributed by atoms with E-state index in [1.165, 1.54) is 7.11 Å². The highest BCUT2D eigenvalue weighted by molar-refractivity contribution is 5.75. The zero-order chi connectivity index (χ0) is 11.4. The van der Waals surface area contributed by atoms with Gasteiger partial charge in [0.05, 0.1) is 24.7 Å². The van der Waals surface area contributed by atoms with Crippen LogP contribution in [0.25, 0.3) is 0 Å². The molecule has 0 aromatic rings. The molecule has 84 valence electrons. The Balaban J connectivity index is 4.18. The Morgan fingerprint density at radius 3 is 2.14 bits per heavy atom. The monoisotopic (exact) mass is 203 g/mol. The number of ether oxygens (including phenoxy) is 2. The van der Waals surface area contributed by atoms with E-state index in [0.29, 0.717) is 13.2 Å². The molecule has 0 heterocycles. The van der Waals surface area contributed by atoms with Gasteiger partial charge in [-0.25, -0.2) is 0 Å². The SMILES string of the molecule is COC(=O)C(C)(C)COC(C)(C)CN. The maximum atomic E-state index is 11.3. The van der Waals surface area contributed by atoms with Crippen LogP contribution in [-0.4, -0.2) is 31.8 Å². The predicted octanol–water partition coefficient (Wildman–Crippen LogP) is 0.939. The quantitative estimate of drug-likeness (QED) is 0.675. The van der Waals surface area contributed by atoms with E-state index in [2.05, 4.69) is 4.74 Å². The Morgan fingerprint density at radius 2 is 1.79 bits per heavy atom. The minimum atomic E-state index is -0.624.